The number of hydrogen-bond donors (Lipinski definition) is 2. The lowest BCUT2D eigenvalue weighted by atomic mass is 10.1. The van der Waals surface area contributed by atoms with Crippen LogP contribution in [0.4, 0.5) is 9.59 Å². The second-order valence-electron chi connectivity index (χ2n) is 11.5. The van der Waals surface area contributed by atoms with Gasteiger partial charge in [0, 0.05) is 12.8 Å². The zero-order valence-electron chi connectivity index (χ0n) is 26.4. The van der Waals surface area contributed by atoms with Crippen LogP contribution >= 0.6 is 23.5 Å². The minimum absolute atomic E-state index is 0.185. The maximum atomic E-state index is 13.2. The molecular weight excluding hydrogens is 657 g/mol. The number of ether oxygens (including phenoxy) is 2. The summed E-state index contributed by atoms with van der Waals surface area (Å²) < 4.78 is 10.0. The van der Waals surface area contributed by atoms with E-state index in [1.165, 1.54) is 33.3 Å². The number of nitriles is 2. The van der Waals surface area contributed by atoms with Gasteiger partial charge in [0.1, 0.15) is 10.7 Å². The summed E-state index contributed by atoms with van der Waals surface area (Å²) in [7, 11) is 0. The van der Waals surface area contributed by atoms with E-state index >= 15 is 0 Å². The Morgan fingerprint density at radius 3 is 1.40 bits per heavy atom. The zero-order chi connectivity index (χ0) is 34.5. The normalized spacial score (nSPS) is 20.1. The first-order chi connectivity index (χ1) is 23.2. The molecule has 2 heterocycles. The van der Waals surface area contributed by atoms with Crippen molar-refractivity contribution in [1.82, 2.24) is 9.80 Å². The maximum Gasteiger partial charge on any atom is 0.507 e. The summed E-state index contributed by atoms with van der Waals surface area (Å²) >= 11 is 2.82. The highest BCUT2D eigenvalue weighted by Gasteiger charge is 2.41. The Morgan fingerprint density at radius 1 is 0.667 bits per heavy atom. The number of carboxylic acid groups (broad SMARTS) is 2. The van der Waals surface area contributed by atoms with E-state index in [1.54, 1.807) is 36.4 Å². The van der Waals surface area contributed by atoms with E-state index in [4.69, 9.17) is 9.47 Å². The van der Waals surface area contributed by atoms with Gasteiger partial charge in [-0.15, -0.1) is 23.5 Å². The molecule has 2 aromatic carbocycles. The molecule has 4 rings (SSSR count). The number of rotatable bonds is 15. The number of thioether (sulfide) groups is 2. The van der Waals surface area contributed by atoms with Crippen molar-refractivity contribution in [3.8, 4) is 12.1 Å². The molecular formula is C34H38N4O8S2. The Kier molecular flexibility index (Phi) is 13.8. The Balaban J connectivity index is 1.16. The molecule has 2 N–H and O–H groups in total. The molecule has 2 aliphatic heterocycles. The van der Waals surface area contributed by atoms with Gasteiger partial charge in [-0.2, -0.15) is 10.5 Å². The molecule has 0 aromatic heterocycles. The van der Waals surface area contributed by atoms with Crippen molar-refractivity contribution in [1.29, 1.82) is 10.5 Å². The molecule has 12 nitrogen and oxygen atoms in total. The lowest BCUT2D eigenvalue weighted by Crippen LogP contribution is -2.40. The summed E-state index contributed by atoms with van der Waals surface area (Å²) in [5.41, 5.74) is 2.44. The molecule has 2 fully saturated rings. The van der Waals surface area contributed by atoms with Gasteiger partial charge in [-0.25, -0.2) is 9.59 Å². The first-order valence-corrected chi connectivity index (χ1v) is 18.0. The van der Waals surface area contributed by atoms with Gasteiger partial charge in [0.05, 0.1) is 34.8 Å². The van der Waals surface area contributed by atoms with Crippen LogP contribution in [0.1, 0.15) is 97.2 Å². The van der Waals surface area contributed by atoms with E-state index in [9.17, 15) is 39.9 Å². The van der Waals surface area contributed by atoms with Crippen LogP contribution < -0.4 is 0 Å². The van der Waals surface area contributed by atoms with E-state index in [0.717, 1.165) is 49.7 Å². The number of hydrogen-bond acceptors (Lipinski definition) is 10. The molecule has 0 saturated carbocycles. The summed E-state index contributed by atoms with van der Waals surface area (Å²) in [4.78, 5) is 51.9. The van der Waals surface area contributed by atoms with Gasteiger partial charge in [-0.1, -0.05) is 62.8 Å². The monoisotopic (exact) mass is 694 g/mol. The van der Waals surface area contributed by atoms with Crippen molar-refractivity contribution in [2.75, 3.05) is 11.5 Å². The van der Waals surface area contributed by atoms with Crippen LogP contribution in [0, 0.1) is 22.7 Å². The van der Waals surface area contributed by atoms with E-state index in [1.807, 2.05) is 12.1 Å². The summed E-state index contributed by atoms with van der Waals surface area (Å²) in [6.07, 6.45) is 2.71. The number of nitrogens with zero attached hydrogens (tertiary/aromatic N) is 4. The molecule has 2 unspecified atom stereocenters. The van der Waals surface area contributed by atoms with Gasteiger partial charge in [-0.3, -0.25) is 19.4 Å². The Labute approximate surface area is 288 Å². The maximum absolute atomic E-state index is 13.2. The summed E-state index contributed by atoms with van der Waals surface area (Å²) in [5.74, 6) is 0.261. The number of carbonyl (C=O) groups excluding carboxylic acids is 2. The van der Waals surface area contributed by atoms with Crippen LogP contribution in [0.5, 0.6) is 0 Å². The van der Waals surface area contributed by atoms with Crippen molar-refractivity contribution < 1.29 is 38.9 Å². The minimum atomic E-state index is -1.44. The van der Waals surface area contributed by atoms with Crippen molar-refractivity contribution in [2.45, 2.75) is 87.4 Å². The number of amides is 2. The Bertz CT molecular complexity index is 1430. The molecule has 2 aromatic rings. The number of unbranched alkanes of at least 4 members (excludes halogenated alkanes) is 7. The second kappa shape index (κ2) is 18.2. The van der Waals surface area contributed by atoms with Gasteiger partial charge < -0.3 is 19.7 Å². The molecule has 4 atom stereocenters. The van der Waals surface area contributed by atoms with Gasteiger partial charge in [0.2, 0.25) is 11.8 Å². The standard InChI is InChI=1S/C34H38N4O8S2/c35-19-23-11-9-13-25(17-23)31-37(29(21-47-31)45-33(41)42)27(39)15-7-5-3-1-2-4-6-8-16-28(40)38-30(46-34(43)44)22-48-32(38)26-14-10-12-24(18-26)20-36/h9-14,17-18,29-32H,1-8,15-16,21-22H2,(H,41,42)(H,43,44)/t29-,30-,31?,32?/m1/s1. The molecule has 48 heavy (non-hydrogen) atoms. The molecule has 2 amide bonds. The average Bonchev–Trinajstić information content (AvgIpc) is 3.69. The third-order valence-electron chi connectivity index (χ3n) is 8.10. The molecule has 14 heteroatoms. The minimum Gasteiger partial charge on any atom is -0.450 e. The zero-order valence-corrected chi connectivity index (χ0v) is 28.0. The van der Waals surface area contributed by atoms with E-state index < -0.39 is 35.5 Å². The van der Waals surface area contributed by atoms with E-state index in [-0.39, 0.29) is 24.7 Å². The fourth-order valence-electron chi connectivity index (χ4n) is 5.88. The van der Waals surface area contributed by atoms with Crippen molar-refractivity contribution >= 4 is 47.6 Å². The molecule has 2 saturated heterocycles. The van der Waals surface area contributed by atoms with Crippen LogP contribution in [0.25, 0.3) is 0 Å². The molecule has 0 spiro atoms. The predicted octanol–water partition coefficient (Wildman–Crippen LogP) is 7.22. The second-order valence-corrected chi connectivity index (χ2v) is 13.7. The van der Waals surface area contributed by atoms with Gasteiger partial charge in [0.25, 0.3) is 0 Å². The number of carbonyl (C=O) groups is 4. The van der Waals surface area contributed by atoms with Gasteiger partial charge in [0.15, 0.2) is 12.5 Å². The highest BCUT2D eigenvalue weighted by atomic mass is 32.2. The SMILES string of the molecule is N#Cc1cccc(C2SC[C@@H](OC(=O)O)N2C(=O)CCCCCCCCCCC(=O)N2C(c3cccc(C#N)c3)SC[C@H]2OC(=O)O)c1. The van der Waals surface area contributed by atoms with Crippen LogP contribution in [0.3, 0.4) is 0 Å². The van der Waals surface area contributed by atoms with Crippen molar-refractivity contribution in [3.05, 3.63) is 70.8 Å². The summed E-state index contributed by atoms with van der Waals surface area (Å²) in [6, 6.07) is 18.1. The predicted molar refractivity (Wildman–Crippen MR) is 178 cm³/mol. The highest BCUT2D eigenvalue weighted by molar-refractivity contribution is 8.00. The summed E-state index contributed by atoms with van der Waals surface area (Å²) in [6.45, 7) is 0. The van der Waals surface area contributed by atoms with Gasteiger partial charge >= 0.3 is 12.3 Å². The Morgan fingerprint density at radius 2 is 1.04 bits per heavy atom. The fraction of sp³-hybridized carbons (Fsp3) is 0.471. The van der Waals surface area contributed by atoms with Gasteiger partial charge in [-0.05, 0) is 48.2 Å². The lowest BCUT2D eigenvalue weighted by Gasteiger charge is -2.28. The smallest absolute Gasteiger partial charge is 0.450 e. The highest BCUT2D eigenvalue weighted by Crippen LogP contribution is 2.43. The topological polar surface area (TPSA) is 181 Å². The van der Waals surface area contributed by atoms with Crippen LogP contribution in [0.2, 0.25) is 0 Å². The molecule has 0 radical (unpaired) electrons. The van der Waals surface area contributed by atoms with Crippen molar-refractivity contribution in [3.63, 3.8) is 0 Å². The lowest BCUT2D eigenvalue weighted by molar-refractivity contribution is -0.142. The average molecular weight is 695 g/mol. The largest absolute Gasteiger partial charge is 0.507 e. The molecule has 0 aliphatic carbocycles. The van der Waals surface area contributed by atoms with E-state index in [0.29, 0.717) is 35.5 Å². The first-order valence-electron chi connectivity index (χ1n) is 15.9. The van der Waals surface area contributed by atoms with Crippen LogP contribution in [0.15, 0.2) is 48.5 Å². The van der Waals surface area contributed by atoms with Crippen molar-refractivity contribution in [2.24, 2.45) is 0 Å². The molecule has 2 aliphatic rings. The number of benzene rings is 2. The van der Waals surface area contributed by atoms with Crippen LogP contribution in [-0.2, 0) is 19.1 Å². The quantitative estimate of drug-likeness (QED) is 0.141. The molecule has 254 valence electrons. The third kappa shape index (κ3) is 10.1. The van der Waals surface area contributed by atoms with Crippen LogP contribution in [-0.4, -0.2) is 68.1 Å². The summed E-state index contributed by atoms with van der Waals surface area (Å²) in [5, 5.41) is 36.0. The fourth-order valence-corrected chi connectivity index (χ4v) is 8.53. The first kappa shape index (κ1) is 36.4. The third-order valence-corrected chi connectivity index (χ3v) is 10.7. The van der Waals surface area contributed by atoms with E-state index in [2.05, 4.69) is 12.1 Å². The Hall–Kier alpha value is -4.40. The molecule has 0 bridgehead atoms.